The summed E-state index contributed by atoms with van der Waals surface area (Å²) in [4.78, 5) is 1.89. The van der Waals surface area contributed by atoms with Crippen LogP contribution in [-0.4, -0.2) is 20.0 Å². The van der Waals surface area contributed by atoms with Gasteiger partial charge in [0.25, 0.3) is 16.0 Å². The van der Waals surface area contributed by atoms with Crippen LogP contribution in [0.2, 0.25) is 0 Å². The summed E-state index contributed by atoms with van der Waals surface area (Å²) in [5.41, 5.74) is 3.60. The third kappa shape index (κ3) is 5.10. The summed E-state index contributed by atoms with van der Waals surface area (Å²) < 4.78 is 48.9. The normalized spacial score (nSPS) is 13.9. The lowest BCUT2D eigenvalue weighted by Crippen LogP contribution is -2.29. The average molecular weight is 454 g/mol. The van der Waals surface area contributed by atoms with Gasteiger partial charge >= 0.3 is 5.89 Å². The molecule has 0 bridgehead atoms. The third-order valence-electron chi connectivity index (χ3n) is 4.47. The Morgan fingerprint density at radius 2 is 1.78 bits per heavy atom. The molecule has 1 aliphatic heterocycles. The van der Waals surface area contributed by atoms with Gasteiger partial charge in [-0.3, -0.25) is 0 Å². The molecule has 1 aliphatic rings. The lowest BCUT2D eigenvalue weighted by atomic mass is 10.2. The van der Waals surface area contributed by atoms with E-state index in [1.165, 1.54) is 0 Å². The van der Waals surface area contributed by atoms with Gasteiger partial charge in [0.15, 0.2) is 11.6 Å². The van der Waals surface area contributed by atoms with Crippen molar-refractivity contribution in [1.82, 2.24) is 0 Å². The second kappa shape index (κ2) is 8.89. The van der Waals surface area contributed by atoms with Crippen molar-refractivity contribution in [3.63, 3.8) is 0 Å². The zero-order valence-electron chi connectivity index (χ0n) is 16.8. The van der Waals surface area contributed by atoms with E-state index in [0.29, 0.717) is 22.9 Å². The minimum absolute atomic E-state index is 0.590. The molecule has 2 aromatic carbocycles. The SMILES string of the molecule is CN1/C(=C\C=C\c2oc3ccc(C#N)cc3[n+]2C)Oc2ccc(C#N)cc21.O=S(=O)([O-])F. The molecule has 2 heterocycles. The van der Waals surface area contributed by atoms with Crippen LogP contribution in [-0.2, 0) is 17.6 Å². The molecule has 0 fully saturated rings. The summed E-state index contributed by atoms with van der Waals surface area (Å²) in [5, 5.41) is 18.1. The van der Waals surface area contributed by atoms with Crippen molar-refractivity contribution >= 4 is 33.4 Å². The molecule has 0 unspecified atom stereocenters. The molecule has 0 amide bonds. The Labute approximate surface area is 183 Å². The van der Waals surface area contributed by atoms with E-state index in [9.17, 15) is 3.89 Å². The molecular formula is C21H15FN4O5S. The van der Waals surface area contributed by atoms with Crippen LogP contribution < -0.4 is 14.2 Å². The number of benzene rings is 2. The lowest BCUT2D eigenvalue weighted by molar-refractivity contribution is -0.652. The zero-order valence-corrected chi connectivity index (χ0v) is 17.6. The van der Waals surface area contributed by atoms with Gasteiger partial charge in [-0.25, -0.2) is 8.42 Å². The van der Waals surface area contributed by atoms with Crippen LogP contribution >= 0.6 is 0 Å². The molecular weight excluding hydrogens is 439 g/mol. The topological polar surface area (TPSA) is 134 Å². The van der Waals surface area contributed by atoms with E-state index in [0.717, 1.165) is 22.5 Å². The molecule has 0 saturated carbocycles. The van der Waals surface area contributed by atoms with Crippen molar-refractivity contribution in [2.45, 2.75) is 0 Å². The Bertz CT molecular complexity index is 1440. The van der Waals surface area contributed by atoms with E-state index < -0.39 is 10.5 Å². The number of halogens is 1. The summed E-state index contributed by atoms with van der Waals surface area (Å²) in [6, 6.07) is 14.9. The van der Waals surface area contributed by atoms with Crippen LogP contribution in [0.5, 0.6) is 5.75 Å². The van der Waals surface area contributed by atoms with Gasteiger partial charge in [0.05, 0.1) is 35.0 Å². The van der Waals surface area contributed by atoms with Crippen LogP contribution in [0.25, 0.3) is 17.2 Å². The Balaban J connectivity index is 0.000000523. The fourth-order valence-electron chi connectivity index (χ4n) is 2.97. The zero-order chi connectivity index (χ0) is 23.5. The van der Waals surface area contributed by atoms with Crippen LogP contribution in [0.3, 0.4) is 0 Å². The molecule has 0 radical (unpaired) electrons. The molecule has 0 atom stereocenters. The second-order valence-corrected chi connectivity index (χ2v) is 7.29. The Kier molecular flexibility index (Phi) is 6.25. The second-order valence-electron chi connectivity index (χ2n) is 6.51. The van der Waals surface area contributed by atoms with Crippen molar-refractivity contribution in [2.75, 3.05) is 11.9 Å². The van der Waals surface area contributed by atoms with Crippen LogP contribution in [0, 0.1) is 22.7 Å². The molecule has 1 aromatic heterocycles. The number of hydrogen-bond acceptors (Lipinski definition) is 8. The van der Waals surface area contributed by atoms with Gasteiger partial charge < -0.3 is 18.6 Å². The summed E-state index contributed by atoms with van der Waals surface area (Å²) in [7, 11) is -1.64. The monoisotopic (exact) mass is 454 g/mol. The maximum absolute atomic E-state index is 10.1. The van der Waals surface area contributed by atoms with Crippen molar-refractivity contribution in [1.29, 1.82) is 10.5 Å². The summed E-state index contributed by atoms with van der Waals surface area (Å²) in [6.45, 7) is 0. The Hall–Kier alpha value is -4.19. The fourth-order valence-corrected chi connectivity index (χ4v) is 2.97. The van der Waals surface area contributed by atoms with Crippen LogP contribution in [0.4, 0.5) is 9.57 Å². The highest BCUT2D eigenvalue weighted by Crippen LogP contribution is 2.38. The number of rotatable bonds is 2. The number of ether oxygens (including phenoxy) is 1. The average Bonchev–Trinajstić information content (AvgIpc) is 3.23. The highest BCUT2D eigenvalue weighted by Gasteiger charge is 2.23. The van der Waals surface area contributed by atoms with E-state index in [2.05, 4.69) is 12.1 Å². The smallest absolute Gasteiger partial charge is 0.373 e. The number of aromatic nitrogens is 1. The van der Waals surface area contributed by atoms with Gasteiger partial charge in [-0.05, 0) is 42.5 Å². The van der Waals surface area contributed by atoms with Gasteiger partial charge in [-0.15, -0.1) is 3.89 Å². The number of oxazole rings is 1. The van der Waals surface area contributed by atoms with Gasteiger partial charge in [0.2, 0.25) is 5.58 Å². The van der Waals surface area contributed by atoms with Gasteiger partial charge in [0, 0.05) is 13.1 Å². The summed E-state index contributed by atoms with van der Waals surface area (Å²) >= 11 is 0. The number of fused-ring (bicyclic) bond motifs is 2. The molecule has 162 valence electrons. The van der Waals surface area contributed by atoms with Gasteiger partial charge in [-0.2, -0.15) is 15.1 Å². The predicted octanol–water partition coefficient (Wildman–Crippen LogP) is 2.80. The van der Waals surface area contributed by atoms with Crippen molar-refractivity contribution in [2.24, 2.45) is 7.05 Å². The minimum Gasteiger partial charge on any atom is -0.722 e. The number of hydrogen-bond donors (Lipinski definition) is 0. The fraction of sp³-hybridized carbons (Fsp3) is 0.0952. The van der Waals surface area contributed by atoms with E-state index >= 15 is 0 Å². The molecule has 0 aliphatic carbocycles. The van der Waals surface area contributed by atoms with Crippen LogP contribution in [0.15, 0.2) is 58.9 Å². The number of anilines is 1. The van der Waals surface area contributed by atoms with E-state index in [4.69, 9.17) is 32.6 Å². The molecule has 9 nitrogen and oxygen atoms in total. The highest BCUT2D eigenvalue weighted by molar-refractivity contribution is 7.80. The molecule has 32 heavy (non-hydrogen) atoms. The third-order valence-corrected chi connectivity index (χ3v) is 4.47. The number of nitrogens with zero attached hydrogens (tertiary/aromatic N) is 4. The summed E-state index contributed by atoms with van der Waals surface area (Å²) in [6.07, 6.45) is 5.51. The quantitative estimate of drug-likeness (QED) is 0.328. The Morgan fingerprint density at radius 3 is 2.44 bits per heavy atom. The van der Waals surface area contributed by atoms with Crippen LogP contribution in [0.1, 0.15) is 17.0 Å². The lowest BCUT2D eigenvalue weighted by Gasteiger charge is -2.09. The molecule has 3 aromatic rings. The maximum Gasteiger partial charge on any atom is 0.373 e. The first-order chi connectivity index (χ1) is 15.1. The summed E-state index contributed by atoms with van der Waals surface area (Å²) in [5.74, 6) is 2.03. The first-order valence-corrected chi connectivity index (χ1v) is 10.2. The van der Waals surface area contributed by atoms with Crippen molar-refractivity contribution < 1.29 is 30.6 Å². The van der Waals surface area contributed by atoms with Gasteiger partial charge in [0.1, 0.15) is 7.05 Å². The highest BCUT2D eigenvalue weighted by atomic mass is 32.3. The van der Waals surface area contributed by atoms with E-state index in [1.54, 1.807) is 36.4 Å². The van der Waals surface area contributed by atoms with Gasteiger partial charge in [-0.1, -0.05) is 0 Å². The van der Waals surface area contributed by atoms with Crippen molar-refractivity contribution in [3.05, 3.63) is 71.5 Å². The minimum atomic E-state index is -5.42. The standard InChI is InChI=1S/C21H15N4O2.FHO3S/c1-24-16-10-14(12-22)6-8-18(16)26-20(24)4-3-5-21-25(2)17-11-15(13-23)7-9-19(17)27-21;1-5(2,3)4/h3-11H,1-2H3;(H,2,3,4)/q+1;/p-1. The molecule has 0 spiro atoms. The molecule has 11 heteroatoms. The number of nitriles is 2. The number of allylic oxidation sites excluding steroid dienone is 2. The molecule has 4 rings (SSSR count). The molecule has 0 N–H and O–H groups in total. The van der Waals surface area contributed by atoms with Crippen molar-refractivity contribution in [3.8, 4) is 17.9 Å². The first kappa shape index (κ1) is 22.5. The molecule has 0 saturated heterocycles. The Morgan fingerprint density at radius 1 is 1.16 bits per heavy atom. The predicted molar refractivity (Wildman–Crippen MR) is 110 cm³/mol. The van der Waals surface area contributed by atoms with E-state index in [-0.39, 0.29) is 0 Å². The van der Waals surface area contributed by atoms with E-state index in [1.807, 2.05) is 41.8 Å². The number of aryl methyl sites for hydroxylation is 1. The maximum atomic E-state index is 10.1. The first-order valence-electron chi connectivity index (χ1n) is 8.93. The largest absolute Gasteiger partial charge is 0.722 e.